The number of benzene rings is 1. The van der Waals surface area contributed by atoms with Crippen LogP contribution in [0.5, 0.6) is 11.5 Å². The van der Waals surface area contributed by atoms with Crippen molar-refractivity contribution in [1.82, 2.24) is 10.3 Å². The Morgan fingerprint density at radius 3 is 2.81 bits per heavy atom. The summed E-state index contributed by atoms with van der Waals surface area (Å²) in [4.78, 5) is 4.12. The highest BCUT2D eigenvalue weighted by molar-refractivity contribution is 5.43. The monoisotopic (exact) mass is 284 g/mol. The van der Waals surface area contributed by atoms with Gasteiger partial charge >= 0.3 is 0 Å². The molecular weight excluding hydrogens is 264 g/mol. The van der Waals surface area contributed by atoms with Crippen molar-refractivity contribution in [3.05, 3.63) is 53.9 Å². The molecule has 4 nitrogen and oxygen atoms in total. The van der Waals surface area contributed by atoms with Crippen molar-refractivity contribution in [3.63, 3.8) is 0 Å². The second-order valence-electron chi connectivity index (χ2n) is 5.12. The molecular formula is C17H20N2O2. The van der Waals surface area contributed by atoms with Crippen molar-refractivity contribution in [2.24, 2.45) is 0 Å². The number of rotatable bonds is 5. The molecule has 0 spiro atoms. The first-order valence-corrected chi connectivity index (χ1v) is 7.40. The number of hydrogen-bond donors (Lipinski definition) is 1. The third-order valence-electron chi connectivity index (χ3n) is 3.45. The number of ether oxygens (including phenoxy) is 2. The van der Waals surface area contributed by atoms with Crippen LogP contribution in [-0.4, -0.2) is 24.7 Å². The Labute approximate surface area is 125 Å². The minimum absolute atomic E-state index is 0.727. The summed E-state index contributed by atoms with van der Waals surface area (Å²) in [5.41, 5.74) is 2.47. The fourth-order valence-electron chi connectivity index (χ4n) is 2.33. The maximum atomic E-state index is 5.70. The van der Waals surface area contributed by atoms with Crippen LogP contribution in [0.3, 0.4) is 0 Å². The predicted octanol–water partition coefficient (Wildman–Crippen LogP) is 2.58. The zero-order valence-corrected chi connectivity index (χ0v) is 12.0. The summed E-state index contributed by atoms with van der Waals surface area (Å²) >= 11 is 0. The largest absolute Gasteiger partial charge is 0.490 e. The Balaban J connectivity index is 1.50. The number of pyridine rings is 1. The Morgan fingerprint density at radius 2 is 1.95 bits per heavy atom. The molecule has 1 N–H and O–H groups in total. The van der Waals surface area contributed by atoms with Crippen LogP contribution in [0, 0.1) is 0 Å². The predicted molar refractivity (Wildman–Crippen MR) is 81.7 cm³/mol. The first-order valence-electron chi connectivity index (χ1n) is 7.40. The van der Waals surface area contributed by atoms with Crippen molar-refractivity contribution in [2.75, 3.05) is 19.8 Å². The first kappa shape index (κ1) is 13.9. The molecule has 110 valence electrons. The molecule has 1 aliphatic rings. The lowest BCUT2D eigenvalue weighted by Crippen LogP contribution is -2.16. The maximum Gasteiger partial charge on any atom is 0.161 e. The van der Waals surface area contributed by atoms with Crippen molar-refractivity contribution < 1.29 is 9.47 Å². The van der Waals surface area contributed by atoms with Gasteiger partial charge < -0.3 is 14.8 Å². The van der Waals surface area contributed by atoms with Crippen molar-refractivity contribution in [1.29, 1.82) is 0 Å². The number of aromatic nitrogens is 1. The lowest BCUT2D eigenvalue weighted by molar-refractivity contribution is 0.297. The van der Waals surface area contributed by atoms with Gasteiger partial charge in [0.05, 0.1) is 13.2 Å². The molecule has 2 heterocycles. The lowest BCUT2D eigenvalue weighted by atomic mass is 10.2. The Bertz CT molecular complexity index is 572. The Kier molecular flexibility index (Phi) is 4.69. The van der Waals surface area contributed by atoms with Crippen LogP contribution < -0.4 is 14.8 Å². The van der Waals surface area contributed by atoms with E-state index in [9.17, 15) is 0 Å². The van der Waals surface area contributed by atoms with Crippen LogP contribution in [0.4, 0.5) is 0 Å². The standard InChI is InChI=1S/C17H20N2O2/c1-3-14(12-18-7-1)6-8-19-13-15-4-5-16-17(11-15)21-10-2-9-20-16/h1,3-5,7,11-12,19H,2,6,8-10,13H2. The SMILES string of the molecule is c1cncc(CCNCc2ccc3c(c2)OCCCO3)c1. The minimum Gasteiger partial charge on any atom is -0.490 e. The van der Waals surface area contributed by atoms with E-state index in [2.05, 4.69) is 28.5 Å². The van der Waals surface area contributed by atoms with Gasteiger partial charge in [-0.2, -0.15) is 0 Å². The molecule has 4 heteroatoms. The molecule has 0 unspecified atom stereocenters. The average Bonchev–Trinajstić information content (AvgIpc) is 2.77. The minimum atomic E-state index is 0.727. The van der Waals surface area contributed by atoms with E-state index >= 15 is 0 Å². The van der Waals surface area contributed by atoms with Gasteiger partial charge in [0.2, 0.25) is 0 Å². The number of fused-ring (bicyclic) bond motifs is 1. The van der Waals surface area contributed by atoms with Crippen molar-refractivity contribution >= 4 is 0 Å². The molecule has 0 atom stereocenters. The van der Waals surface area contributed by atoms with Crippen LogP contribution in [0.25, 0.3) is 0 Å². The molecule has 2 aromatic rings. The van der Waals surface area contributed by atoms with Gasteiger partial charge in [-0.3, -0.25) is 4.98 Å². The molecule has 0 fully saturated rings. The van der Waals surface area contributed by atoms with Crippen LogP contribution in [0.2, 0.25) is 0 Å². The third kappa shape index (κ3) is 3.95. The summed E-state index contributed by atoms with van der Waals surface area (Å²) in [6.45, 7) is 3.22. The van der Waals surface area contributed by atoms with Gasteiger partial charge in [0.1, 0.15) is 0 Å². The lowest BCUT2D eigenvalue weighted by Gasteiger charge is -2.10. The molecule has 0 saturated heterocycles. The third-order valence-corrected chi connectivity index (χ3v) is 3.45. The molecule has 0 saturated carbocycles. The van der Waals surface area contributed by atoms with Crippen LogP contribution >= 0.6 is 0 Å². The molecule has 1 aliphatic heterocycles. The highest BCUT2D eigenvalue weighted by Crippen LogP contribution is 2.30. The summed E-state index contributed by atoms with van der Waals surface area (Å²) in [5.74, 6) is 1.71. The van der Waals surface area contributed by atoms with Crippen LogP contribution in [0.1, 0.15) is 17.5 Å². The van der Waals surface area contributed by atoms with E-state index in [-0.39, 0.29) is 0 Å². The van der Waals surface area contributed by atoms with E-state index in [1.54, 1.807) is 6.20 Å². The van der Waals surface area contributed by atoms with E-state index in [4.69, 9.17) is 9.47 Å². The van der Waals surface area contributed by atoms with Crippen LogP contribution in [-0.2, 0) is 13.0 Å². The molecule has 0 amide bonds. The topological polar surface area (TPSA) is 43.4 Å². The van der Waals surface area contributed by atoms with E-state index < -0.39 is 0 Å². The van der Waals surface area contributed by atoms with Gasteiger partial charge in [-0.25, -0.2) is 0 Å². The van der Waals surface area contributed by atoms with Crippen molar-refractivity contribution in [3.8, 4) is 11.5 Å². The summed E-state index contributed by atoms with van der Waals surface area (Å²) in [5, 5.41) is 3.45. The summed E-state index contributed by atoms with van der Waals surface area (Å²) in [7, 11) is 0. The van der Waals surface area contributed by atoms with E-state index in [1.165, 1.54) is 11.1 Å². The van der Waals surface area contributed by atoms with Crippen molar-refractivity contribution in [2.45, 2.75) is 19.4 Å². The first-order chi connectivity index (χ1) is 10.4. The molecule has 3 rings (SSSR count). The zero-order valence-electron chi connectivity index (χ0n) is 12.0. The highest BCUT2D eigenvalue weighted by atomic mass is 16.5. The van der Waals surface area contributed by atoms with E-state index in [0.29, 0.717) is 0 Å². The Morgan fingerprint density at radius 1 is 1.05 bits per heavy atom. The molecule has 0 bridgehead atoms. The molecule has 1 aromatic carbocycles. The molecule has 0 radical (unpaired) electrons. The summed E-state index contributed by atoms with van der Waals surface area (Å²) in [6.07, 6.45) is 5.63. The summed E-state index contributed by atoms with van der Waals surface area (Å²) < 4.78 is 11.3. The number of hydrogen-bond acceptors (Lipinski definition) is 4. The van der Waals surface area contributed by atoms with Crippen LogP contribution in [0.15, 0.2) is 42.7 Å². The van der Waals surface area contributed by atoms with Gasteiger partial charge in [0.15, 0.2) is 11.5 Å². The number of nitrogens with zero attached hydrogens (tertiary/aromatic N) is 1. The molecule has 0 aliphatic carbocycles. The quantitative estimate of drug-likeness (QED) is 0.857. The fraction of sp³-hybridized carbons (Fsp3) is 0.353. The normalized spacial score (nSPS) is 13.7. The van der Waals surface area contributed by atoms with Gasteiger partial charge in [0, 0.05) is 25.4 Å². The smallest absolute Gasteiger partial charge is 0.161 e. The number of nitrogens with one attached hydrogen (secondary N) is 1. The highest BCUT2D eigenvalue weighted by Gasteiger charge is 2.10. The van der Waals surface area contributed by atoms with Gasteiger partial charge in [-0.15, -0.1) is 0 Å². The molecule has 1 aromatic heterocycles. The second-order valence-corrected chi connectivity index (χ2v) is 5.12. The second kappa shape index (κ2) is 7.09. The van der Waals surface area contributed by atoms with Gasteiger partial charge in [-0.1, -0.05) is 12.1 Å². The van der Waals surface area contributed by atoms with Gasteiger partial charge in [-0.05, 0) is 42.3 Å². The van der Waals surface area contributed by atoms with Gasteiger partial charge in [0.25, 0.3) is 0 Å². The van der Waals surface area contributed by atoms with E-state index in [0.717, 1.165) is 50.6 Å². The maximum absolute atomic E-state index is 5.70. The Hall–Kier alpha value is -2.07. The zero-order chi connectivity index (χ0) is 14.3. The fourth-order valence-corrected chi connectivity index (χ4v) is 2.33. The van der Waals surface area contributed by atoms with E-state index in [1.807, 2.05) is 18.3 Å². The molecule has 21 heavy (non-hydrogen) atoms. The average molecular weight is 284 g/mol. The summed E-state index contributed by atoms with van der Waals surface area (Å²) in [6, 6.07) is 10.2.